The molecule has 0 bridgehead atoms. The lowest BCUT2D eigenvalue weighted by Crippen LogP contribution is -2.47. The fourth-order valence-corrected chi connectivity index (χ4v) is 2.44. The molecule has 0 spiro atoms. The zero-order chi connectivity index (χ0) is 20.4. The maximum Gasteiger partial charge on any atom is 0.269 e. The van der Waals surface area contributed by atoms with Gasteiger partial charge in [0.15, 0.2) is 5.96 Å². The Labute approximate surface area is 184 Å². The molecule has 1 amide bonds. The van der Waals surface area contributed by atoms with Crippen LogP contribution in [-0.2, 0) is 11.3 Å². The zero-order valence-corrected chi connectivity index (χ0v) is 19.7. The van der Waals surface area contributed by atoms with Crippen LogP contribution in [-0.4, -0.2) is 59.3 Å². The fourth-order valence-electron chi connectivity index (χ4n) is 2.44. The first-order valence-electron chi connectivity index (χ1n) is 9.35. The number of nitro benzene ring substituents is 1. The number of amides is 1. The molecule has 1 rings (SSSR count). The molecule has 1 aromatic rings. The second kappa shape index (κ2) is 13.3. The van der Waals surface area contributed by atoms with E-state index in [1.54, 1.807) is 17.0 Å². The van der Waals surface area contributed by atoms with Gasteiger partial charge in [0.2, 0.25) is 5.91 Å². The molecule has 1 aromatic carbocycles. The fraction of sp³-hybridized carbons (Fsp3) is 0.579. The summed E-state index contributed by atoms with van der Waals surface area (Å²) >= 11 is 0. The summed E-state index contributed by atoms with van der Waals surface area (Å²) in [5.74, 6) is 0.694. The quantitative estimate of drug-likeness (QED) is 0.183. The summed E-state index contributed by atoms with van der Waals surface area (Å²) in [6, 6.07) is 6.56. The van der Waals surface area contributed by atoms with Gasteiger partial charge in [-0.25, -0.2) is 4.99 Å². The molecule has 158 valence electrons. The molecular weight excluding hydrogens is 473 g/mol. The number of likely N-dealkylation sites (N-methyl/N-ethyl adjacent to an activating group) is 2. The van der Waals surface area contributed by atoms with Crippen LogP contribution in [0.5, 0.6) is 0 Å². The van der Waals surface area contributed by atoms with E-state index in [-0.39, 0.29) is 48.2 Å². The molecule has 0 aromatic heterocycles. The highest BCUT2D eigenvalue weighted by molar-refractivity contribution is 14.0. The van der Waals surface area contributed by atoms with Gasteiger partial charge in [-0.15, -0.1) is 24.0 Å². The van der Waals surface area contributed by atoms with Gasteiger partial charge in [0.05, 0.1) is 18.0 Å². The lowest BCUT2D eigenvalue weighted by Gasteiger charge is -2.27. The van der Waals surface area contributed by atoms with Crippen molar-refractivity contribution in [3.05, 3.63) is 39.9 Å². The molecule has 28 heavy (non-hydrogen) atoms. The van der Waals surface area contributed by atoms with Crippen molar-refractivity contribution in [1.82, 2.24) is 15.1 Å². The van der Waals surface area contributed by atoms with Crippen LogP contribution in [0.4, 0.5) is 5.69 Å². The first kappa shape index (κ1) is 26.1. The van der Waals surface area contributed by atoms with Crippen LogP contribution in [0.2, 0.25) is 0 Å². The van der Waals surface area contributed by atoms with Crippen molar-refractivity contribution in [2.75, 3.05) is 26.7 Å². The highest BCUT2D eigenvalue weighted by Gasteiger charge is 2.16. The summed E-state index contributed by atoms with van der Waals surface area (Å²) in [5, 5.41) is 14.1. The monoisotopic (exact) mass is 505 g/mol. The summed E-state index contributed by atoms with van der Waals surface area (Å²) in [5.41, 5.74) is 0.926. The molecular formula is C19H32IN5O3. The minimum absolute atomic E-state index is 0. The van der Waals surface area contributed by atoms with Crippen molar-refractivity contribution < 1.29 is 9.72 Å². The van der Waals surface area contributed by atoms with E-state index >= 15 is 0 Å². The Kier molecular flexibility index (Phi) is 12.4. The maximum absolute atomic E-state index is 12.4. The second-order valence-corrected chi connectivity index (χ2v) is 6.44. The van der Waals surface area contributed by atoms with Crippen LogP contribution < -0.4 is 5.32 Å². The van der Waals surface area contributed by atoms with Crippen molar-refractivity contribution in [3.63, 3.8) is 0 Å². The van der Waals surface area contributed by atoms with Gasteiger partial charge in [0, 0.05) is 38.3 Å². The third-order valence-corrected chi connectivity index (χ3v) is 4.40. The first-order chi connectivity index (χ1) is 12.8. The molecule has 0 aliphatic rings. The molecule has 0 saturated heterocycles. The van der Waals surface area contributed by atoms with Gasteiger partial charge in [-0.1, -0.05) is 19.1 Å². The lowest BCUT2D eigenvalue weighted by atomic mass is 10.2. The molecule has 0 heterocycles. The van der Waals surface area contributed by atoms with Gasteiger partial charge in [0.1, 0.15) is 0 Å². The number of carbonyl (C=O) groups is 1. The smallest absolute Gasteiger partial charge is 0.269 e. The summed E-state index contributed by atoms with van der Waals surface area (Å²) in [6.07, 6.45) is 0.925. The number of benzene rings is 1. The van der Waals surface area contributed by atoms with Crippen LogP contribution in [0, 0.1) is 10.1 Å². The maximum atomic E-state index is 12.4. The van der Waals surface area contributed by atoms with Gasteiger partial charge >= 0.3 is 0 Å². The average Bonchev–Trinajstić information content (AvgIpc) is 2.65. The molecule has 0 radical (unpaired) electrons. The molecule has 1 N–H and O–H groups in total. The van der Waals surface area contributed by atoms with Crippen molar-refractivity contribution in [2.24, 2.45) is 4.99 Å². The number of guanidine groups is 1. The SMILES string of the molecule is CCC(C)NC(=NCc1ccc([N+](=O)[O-])cc1)N(C)CC(=O)N(CC)CC.I. The van der Waals surface area contributed by atoms with Gasteiger partial charge in [-0.3, -0.25) is 14.9 Å². The molecule has 0 aliphatic heterocycles. The lowest BCUT2D eigenvalue weighted by molar-refractivity contribution is -0.384. The summed E-state index contributed by atoms with van der Waals surface area (Å²) in [6.45, 7) is 10.0. The van der Waals surface area contributed by atoms with E-state index in [4.69, 9.17) is 0 Å². The third kappa shape index (κ3) is 8.41. The van der Waals surface area contributed by atoms with E-state index < -0.39 is 4.92 Å². The molecule has 1 atom stereocenters. The van der Waals surface area contributed by atoms with E-state index in [0.29, 0.717) is 25.6 Å². The molecule has 9 heteroatoms. The number of nitrogens with zero attached hydrogens (tertiary/aromatic N) is 4. The number of carbonyl (C=O) groups excluding carboxylic acids is 1. The molecule has 8 nitrogen and oxygen atoms in total. The van der Waals surface area contributed by atoms with Crippen molar-refractivity contribution in [2.45, 2.75) is 46.7 Å². The third-order valence-electron chi connectivity index (χ3n) is 4.40. The minimum atomic E-state index is -0.421. The van der Waals surface area contributed by atoms with E-state index in [1.807, 2.05) is 25.8 Å². The predicted molar refractivity (Wildman–Crippen MR) is 123 cm³/mol. The normalized spacial score (nSPS) is 12.0. The predicted octanol–water partition coefficient (Wildman–Crippen LogP) is 3.26. The number of nitrogens with one attached hydrogen (secondary N) is 1. The minimum Gasteiger partial charge on any atom is -0.354 e. The van der Waals surface area contributed by atoms with E-state index in [2.05, 4.69) is 24.2 Å². The average molecular weight is 505 g/mol. The highest BCUT2D eigenvalue weighted by Crippen LogP contribution is 2.12. The Hall–Kier alpha value is -1.91. The van der Waals surface area contributed by atoms with Crippen molar-refractivity contribution in [3.8, 4) is 0 Å². The number of non-ortho nitro benzene ring substituents is 1. The van der Waals surface area contributed by atoms with Gasteiger partial charge in [-0.2, -0.15) is 0 Å². The van der Waals surface area contributed by atoms with Crippen LogP contribution >= 0.6 is 24.0 Å². The van der Waals surface area contributed by atoms with Crippen LogP contribution in [0.1, 0.15) is 39.7 Å². The Bertz CT molecular complexity index is 647. The van der Waals surface area contributed by atoms with Gasteiger partial charge in [-0.05, 0) is 32.8 Å². The molecule has 1 unspecified atom stereocenters. The number of hydrogen-bond donors (Lipinski definition) is 1. The van der Waals surface area contributed by atoms with Gasteiger partial charge < -0.3 is 15.1 Å². The Morgan fingerprint density at radius 2 is 1.79 bits per heavy atom. The summed E-state index contributed by atoms with van der Waals surface area (Å²) in [7, 11) is 1.84. The van der Waals surface area contributed by atoms with E-state index in [0.717, 1.165) is 12.0 Å². The Morgan fingerprint density at radius 3 is 2.25 bits per heavy atom. The number of halogens is 1. The van der Waals surface area contributed by atoms with Crippen LogP contribution in [0.25, 0.3) is 0 Å². The highest BCUT2D eigenvalue weighted by atomic mass is 127. The Balaban J connectivity index is 0.00000729. The number of aliphatic imine (C=N–C) groups is 1. The Morgan fingerprint density at radius 1 is 1.21 bits per heavy atom. The second-order valence-electron chi connectivity index (χ2n) is 6.44. The van der Waals surface area contributed by atoms with E-state index in [9.17, 15) is 14.9 Å². The summed E-state index contributed by atoms with van der Waals surface area (Å²) in [4.78, 5) is 30.9. The van der Waals surface area contributed by atoms with Crippen molar-refractivity contribution >= 4 is 41.5 Å². The molecule has 0 saturated carbocycles. The van der Waals surface area contributed by atoms with Gasteiger partial charge in [0.25, 0.3) is 5.69 Å². The molecule has 0 fully saturated rings. The molecule has 0 aliphatic carbocycles. The van der Waals surface area contributed by atoms with Crippen LogP contribution in [0.15, 0.2) is 29.3 Å². The largest absolute Gasteiger partial charge is 0.354 e. The van der Waals surface area contributed by atoms with Crippen LogP contribution in [0.3, 0.4) is 0 Å². The van der Waals surface area contributed by atoms with E-state index in [1.165, 1.54) is 12.1 Å². The number of nitro groups is 1. The number of rotatable bonds is 9. The van der Waals surface area contributed by atoms with Crippen molar-refractivity contribution in [1.29, 1.82) is 0 Å². The topological polar surface area (TPSA) is 91.1 Å². The first-order valence-corrected chi connectivity index (χ1v) is 9.35. The summed E-state index contributed by atoms with van der Waals surface area (Å²) < 4.78 is 0. The zero-order valence-electron chi connectivity index (χ0n) is 17.3. The standard InChI is InChI=1S/C19H31N5O3.HI/c1-6-15(4)21-19(22(5)14-18(25)23(7-2)8-3)20-13-16-9-11-17(12-10-16)24(26)27;/h9-12,15H,6-8,13-14H2,1-5H3,(H,20,21);1H. The number of hydrogen-bond acceptors (Lipinski definition) is 4.